The van der Waals surface area contributed by atoms with E-state index in [1.807, 2.05) is 6.07 Å². The zero-order chi connectivity index (χ0) is 12.4. The molecular formula is C14H22BrNO. The third-order valence-electron chi connectivity index (χ3n) is 4.26. The van der Waals surface area contributed by atoms with Gasteiger partial charge in [0.15, 0.2) is 0 Å². The topological polar surface area (TPSA) is 39.2 Å². The smallest absolute Gasteiger partial charge is 0.121 e. The molecule has 0 spiro atoms. The lowest BCUT2D eigenvalue weighted by atomic mass is 9.70. The maximum Gasteiger partial charge on any atom is 0.121 e. The average molecular weight is 300 g/mol. The SMILES string of the molecule is CC(C)C1CCC(CN)C(c2occc2Br)C1. The first-order chi connectivity index (χ1) is 8.13. The van der Waals surface area contributed by atoms with Crippen molar-refractivity contribution in [3.8, 4) is 0 Å². The second kappa shape index (κ2) is 5.57. The number of nitrogens with two attached hydrogens (primary N) is 1. The maximum atomic E-state index is 5.91. The Kier molecular flexibility index (Phi) is 4.31. The molecule has 3 atom stereocenters. The Morgan fingerprint density at radius 1 is 1.47 bits per heavy atom. The van der Waals surface area contributed by atoms with Crippen LogP contribution in [0.15, 0.2) is 21.2 Å². The lowest BCUT2D eigenvalue weighted by molar-refractivity contribution is 0.181. The molecule has 2 nitrogen and oxygen atoms in total. The first kappa shape index (κ1) is 13.2. The van der Waals surface area contributed by atoms with Crippen LogP contribution in [0.3, 0.4) is 0 Å². The van der Waals surface area contributed by atoms with Gasteiger partial charge in [-0.2, -0.15) is 0 Å². The van der Waals surface area contributed by atoms with E-state index in [2.05, 4.69) is 29.8 Å². The van der Waals surface area contributed by atoms with Crippen molar-refractivity contribution in [3.05, 3.63) is 22.6 Å². The summed E-state index contributed by atoms with van der Waals surface area (Å²) in [5, 5.41) is 0. The number of furan rings is 1. The summed E-state index contributed by atoms with van der Waals surface area (Å²) in [5.41, 5.74) is 5.91. The molecule has 0 saturated heterocycles. The minimum atomic E-state index is 0.491. The van der Waals surface area contributed by atoms with E-state index in [4.69, 9.17) is 10.2 Å². The maximum absolute atomic E-state index is 5.91. The molecule has 17 heavy (non-hydrogen) atoms. The summed E-state index contributed by atoms with van der Waals surface area (Å²) in [6, 6.07) is 1.99. The van der Waals surface area contributed by atoms with Crippen LogP contribution in [-0.4, -0.2) is 6.54 Å². The zero-order valence-electron chi connectivity index (χ0n) is 10.7. The van der Waals surface area contributed by atoms with Crippen LogP contribution >= 0.6 is 15.9 Å². The predicted molar refractivity (Wildman–Crippen MR) is 73.9 cm³/mol. The predicted octanol–water partition coefficient (Wildman–Crippen LogP) is 4.16. The third-order valence-corrected chi connectivity index (χ3v) is 4.92. The van der Waals surface area contributed by atoms with Gasteiger partial charge < -0.3 is 10.2 Å². The Hall–Kier alpha value is -0.280. The van der Waals surface area contributed by atoms with Crippen LogP contribution in [-0.2, 0) is 0 Å². The Bertz CT molecular complexity index is 361. The summed E-state index contributed by atoms with van der Waals surface area (Å²) in [6.45, 7) is 5.41. The molecule has 0 aromatic carbocycles. The second-order valence-corrected chi connectivity index (χ2v) is 6.41. The van der Waals surface area contributed by atoms with Crippen molar-refractivity contribution in [1.82, 2.24) is 0 Å². The minimum absolute atomic E-state index is 0.491. The molecule has 0 amide bonds. The molecule has 1 saturated carbocycles. The van der Waals surface area contributed by atoms with Gasteiger partial charge in [-0.25, -0.2) is 0 Å². The Morgan fingerprint density at radius 3 is 2.76 bits per heavy atom. The molecule has 1 aliphatic carbocycles. The summed E-state index contributed by atoms with van der Waals surface area (Å²) < 4.78 is 6.76. The van der Waals surface area contributed by atoms with E-state index in [9.17, 15) is 0 Å². The van der Waals surface area contributed by atoms with Crippen molar-refractivity contribution in [1.29, 1.82) is 0 Å². The average Bonchev–Trinajstić information content (AvgIpc) is 2.74. The molecule has 1 fully saturated rings. The molecule has 0 aliphatic heterocycles. The summed E-state index contributed by atoms with van der Waals surface area (Å²) in [5.74, 6) is 3.73. The van der Waals surface area contributed by atoms with Gasteiger partial charge in [0.25, 0.3) is 0 Å². The van der Waals surface area contributed by atoms with E-state index < -0.39 is 0 Å². The molecule has 2 rings (SSSR count). The van der Waals surface area contributed by atoms with Crippen LogP contribution in [0.4, 0.5) is 0 Å². The van der Waals surface area contributed by atoms with Crippen molar-refractivity contribution in [2.45, 2.75) is 39.0 Å². The molecule has 1 heterocycles. The van der Waals surface area contributed by atoms with E-state index in [0.29, 0.717) is 11.8 Å². The highest BCUT2D eigenvalue weighted by molar-refractivity contribution is 9.10. The quantitative estimate of drug-likeness (QED) is 0.910. The van der Waals surface area contributed by atoms with Crippen molar-refractivity contribution in [3.63, 3.8) is 0 Å². The van der Waals surface area contributed by atoms with Crippen LogP contribution in [0.2, 0.25) is 0 Å². The fourth-order valence-corrected chi connectivity index (χ4v) is 3.54. The number of hydrogen-bond acceptors (Lipinski definition) is 2. The molecule has 96 valence electrons. The van der Waals surface area contributed by atoms with E-state index in [-0.39, 0.29) is 0 Å². The van der Waals surface area contributed by atoms with E-state index in [0.717, 1.165) is 28.6 Å². The van der Waals surface area contributed by atoms with Gasteiger partial charge in [-0.05, 0) is 65.6 Å². The van der Waals surface area contributed by atoms with Gasteiger partial charge in [0.1, 0.15) is 5.76 Å². The van der Waals surface area contributed by atoms with Gasteiger partial charge >= 0.3 is 0 Å². The largest absolute Gasteiger partial charge is 0.468 e. The van der Waals surface area contributed by atoms with Gasteiger partial charge in [0.2, 0.25) is 0 Å². The molecule has 1 aromatic rings. The van der Waals surface area contributed by atoms with Crippen LogP contribution in [0.25, 0.3) is 0 Å². The highest BCUT2D eigenvalue weighted by Crippen LogP contribution is 2.44. The Labute approximate surface area is 112 Å². The number of hydrogen-bond donors (Lipinski definition) is 1. The van der Waals surface area contributed by atoms with Crippen molar-refractivity contribution < 1.29 is 4.42 Å². The fraction of sp³-hybridized carbons (Fsp3) is 0.714. The number of rotatable bonds is 3. The monoisotopic (exact) mass is 299 g/mol. The highest BCUT2D eigenvalue weighted by Gasteiger charge is 2.34. The zero-order valence-corrected chi connectivity index (χ0v) is 12.2. The second-order valence-electron chi connectivity index (χ2n) is 5.55. The van der Waals surface area contributed by atoms with Gasteiger partial charge in [-0.15, -0.1) is 0 Å². The molecule has 2 N–H and O–H groups in total. The summed E-state index contributed by atoms with van der Waals surface area (Å²) in [4.78, 5) is 0. The number of halogens is 1. The molecular weight excluding hydrogens is 278 g/mol. The van der Waals surface area contributed by atoms with E-state index >= 15 is 0 Å². The van der Waals surface area contributed by atoms with Crippen LogP contribution in [0.5, 0.6) is 0 Å². The lowest BCUT2D eigenvalue weighted by Crippen LogP contribution is -2.30. The molecule has 3 heteroatoms. The van der Waals surface area contributed by atoms with E-state index in [1.54, 1.807) is 6.26 Å². The molecule has 0 bridgehead atoms. The van der Waals surface area contributed by atoms with Gasteiger partial charge in [-0.1, -0.05) is 13.8 Å². The fourth-order valence-electron chi connectivity index (χ4n) is 3.04. The first-order valence-electron chi connectivity index (χ1n) is 6.56. The van der Waals surface area contributed by atoms with Gasteiger partial charge in [0, 0.05) is 5.92 Å². The molecule has 1 aromatic heterocycles. The van der Waals surface area contributed by atoms with Crippen LogP contribution < -0.4 is 5.73 Å². The Morgan fingerprint density at radius 2 is 2.24 bits per heavy atom. The Balaban J connectivity index is 2.18. The molecule has 3 unspecified atom stereocenters. The lowest BCUT2D eigenvalue weighted by Gasteiger charge is -2.36. The normalized spacial score (nSPS) is 29.8. The van der Waals surface area contributed by atoms with E-state index in [1.165, 1.54) is 19.3 Å². The van der Waals surface area contributed by atoms with Crippen molar-refractivity contribution in [2.24, 2.45) is 23.5 Å². The molecule has 1 aliphatic rings. The molecule has 0 radical (unpaired) electrons. The van der Waals surface area contributed by atoms with Gasteiger partial charge in [0.05, 0.1) is 10.7 Å². The minimum Gasteiger partial charge on any atom is -0.468 e. The van der Waals surface area contributed by atoms with Crippen LogP contribution in [0.1, 0.15) is 44.8 Å². The van der Waals surface area contributed by atoms with Crippen molar-refractivity contribution in [2.75, 3.05) is 6.54 Å². The standard InChI is InChI=1S/C14H22BrNO/c1-9(2)10-3-4-11(8-16)12(7-10)14-13(15)5-6-17-14/h5-6,9-12H,3-4,7-8,16H2,1-2H3. The third kappa shape index (κ3) is 2.76. The van der Waals surface area contributed by atoms with Gasteiger partial charge in [-0.3, -0.25) is 0 Å². The summed E-state index contributed by atoms with van der Waals surface area (Å²) >= 11 is 3.58. The highest BCUT2D eigenvalue weighted by atomic mass is 79.9. The van der Waals surface area contributed by atoms with Crippen molar-refractivity contribution >= 4 is 15.9 Å². The first-order valence-corrected chi connectivity index (χ1v) is 7.35. The van der Waals surface area contributed by atoms with Crippen LogP contribution in [0, 0.1) is 17.8 Å². The summed E-state index contributed by atoms with van der Waals surface area (Å²) in [7, 11) is 0. The summed E-state index contributed by atoms with van der Waals surface area (Å²) in [6.07, 6.45) is 5.53.